The molecule has 0 aromatic heterocycles. The molecule has 22 heavy (non-hydrogen) atoms. The maximum Gasteiger partial charge on any atom is 0.336 e. The van der Waals surface area contributed by atoms with Crippen LogP contribution in [0.15, 0.2) is 40.6 Å². The van der Waals surface area contributed by atoms with E-state index in [1.54, 1.807) is 12.1 Å². The van der Waals surface area contributed by atoms with Gasteiger partial charge in [0.2, 0.25) is 0 Å². The molecule has 0 saturated carbocycles. The highest BCUT2D eigenvalue weighted by atomic mass is 79.9. The molecule has 0 atom stereocenters. The molecule has 0 amide bonds. The number of carboxylic acid groups (broad SMARTS) is 1. The number of aromatic carboxylic acids is 1. The van der Waals surface area contributed by atoms with Crippen LogP contribution < -0.4 is 0 Å². The van der Waals surface area contributed by atoms with Crippen LogP contribution in [0.5, 0.6) is 0 Å². The minimum Gasteiger partial charge on any atom is -0.478 e. The predicted octanol–water partition coefficient (Wildman–Crippen LogP) is 6.36. The zero-order chi connectivity index (χ0) is 16.6. The quantitative estimate of drug-likeness (QED) is 0.310. The molecule has 0 heterocycles. The number of carboxylic acids is 1. The number of benzene rings is 2. The standard InChI is InChI=1S/C14H7Br5O3/c15-9-8(10(16)12(18)13(19)11(9)17)7-3-5(4-20)1-2-6(7)14(21)22/h1-3,20H,4H2,(H,21,22). The Morgan fingerprint density at radius 3 is 1.86 bits per heavy atom. The van der Waals surface area contributed by atoms with Crippen LogP contribution in [0.25, 0.3) is 11.1 Å². The molecule has 0 aliphatic heterocycles. The van der Waals surface area contributed by atoms with Gasteiger partial charge in [-0.25, -0.2) is 4.79 Å². The molecule has 3 nitrogen and oxygen atoms in total. The molecular weight excluding hydrogens is 616 g/mol. The summed E-state index contributed by atoms with van der Waals surface area (Å²) in [5.74, 6) is -1.03. The van der Waals surface area contributed by atoms with Gasteiger partial charge in [0.05, 0.1) is 12.2 Å². The third-order valence-electron chi connectivity index (χ3n) is 2.98. The Bertz CT molecular complexity index is 745. The monoisotopic (exact) mass is 618 g/mol. The maximum absolute atomic E-state index is 11.5. The summed E-state index contributed by atoms with van der Waals surface area (Å²) < 4.78 is 3.70. The summed E-state index contributed by atoms with van der Waals surface area (Å²) in [5, 5.41) is 18.8. The van der Waals surface area contributed by atoms with Gasteiger partial charge < -0.3 is 10.2 Å². The molecule has 0 spiro atoms. The molecule has 2 aromatic rings. The summed E-state index contributed by atoms with van der Waals surface area (Å²) in [6.07, 6.45) is 0. The van der Waals surface area contributed by atoms with Crippen molar-refractivity contribution in [2.75, 3.05) is 0 Å². The van der Waals surface area contributed by atoms with Gasteiger partial charge in [-0.15, -0.1) is 0 Å². The molecule has 2 rings (SSSR count). The highest BCUT2D eigenvalue weighted by molar-refractivity contribution is 9.15. The average molecular weight is 623 g/mol. The predicted molar refractivity (Wildman–Crippen MR) is 103 cm³/mol. The van der Waals surface area contributed by atoms with E-state index in [0.717, 1.165) is 13.4 Å². The third-order valence-corrected chi connectivity index (χ3v) is 9.07. The molecule has 0 fully saturated rings. The lowest BCUT2D eigenvalue weighted by molar-refractivity contribution is 0.0697. The second kappa shape index (κ2) is 7.44. The molecular formula is C14H7Br5O3. The van der Waals surface area contributed by atoms with Gasteiger partial charge in [0, 0.05) is 27.9 Å². The Balaban J connectivity index is 2.90. The second-order valence-corrected chi connectivity index (χ2v) is 8.25. The molecule has 0 unspecified atom stereocenters. The van der Waals surface area contributed by atoms with Crippen molar-refractivity contribution in [3.8, 4) is 11.1 Å². The Hall–Kier alpha value is 0.270. The Morgan fingerprint density at radius 1 is 0.909 bits per heavy atom. The van der Waals surface area contributed by atoms with Gasteiger partial charge >= 0.3 is 5.97 Å². The Morgan fingerprint density at radius 2 is 1.41 bits per heavy atom. The summed E-state index contributed by atoms with van der Waals surface area (Å²) in [5.41, 5.74) is 1.97. The van der Waals surface area contributed by atoms with Gasteiger partial charge in [-0.1, -0.05) is 6.07 Å². The summed E-state index contributed by atoms with van der Waals surface area (Å²) in [4.78, 5) is 11.5. The third kappa shape index (κ3) is 3.37. The molecule has 0 bridgehead atoms. The first-order valence-corrected chi connectivity index (χ1v) is 9.75. The molecule has 0 aliphatic rings. The number of hydrogen-bond acceptors (Lipinski definition) is 2. The Labute approximate surface area is 168 Å². The Kier molecular flexibility index (Phi) is 6.29. The van der Waals surface area contributed by atoms with Crippen LogP contribution in [0.4, 0.5) is 0 Å². The topological polar surface area (TPSA) is 57.5 Å². The fraction of sp³-hybridized carbons (Fsp3) is 0.0714. The van der Waals surface area contributed by atoms with Crippen LogP contribution in [0, 0.1) is 0 Å². The van der Waals surface area contributed by atoms with Crippen molar-refractivity contribution >= 4 is 85.6 Å². The molecule has 2 N–H and O–H groups in total. The van der Waals surface area contributed by atoms with Gasteiger partial charge in [-0.2, -0.15) is 0 Å². The van der Waals surface area contributed by atoms with Gasteiger partial charge in [-0.05, 0) is 103 Å². The highest BCUT2D eigenvalue weighted by Gasteiger charge is 2.22. The number of hydrogen-bond donors (Lipinski definition) is 2. The first kappa shape index (κ1) is 18.6. The van der Waals surface area contributed by atoms with E-state index in [9.17, 15) is 15.0 Å². The molecule has 8 heteroatoms. The number of halogens is 5. The van der Waals surface area contributed by atoms with Crippen LogP contribution in [-0.4, -0.2) is 16.2 Å². The van der Waals surface area contributed by atoms with Crippen LogP contribution >= 0.6 is 79.6 Å². The molecule has 0 radical (unpaired) electrons. The van der Waals surface area contributed by atoms with Crippen LogP contribution in [0.3, 0.4) is 0 Å². The van der Waals surface area contributed by atoms with E-state index in [0.29, 0.717) is 25.6 Å². The van der Waals surface area contributed by atoms with E-state index in [1.807, 2.05) is 0 Å². The van der Waals surface area contributed by atoms with Crippen LogP contribution in [-0.2, 0) is 6.61 Å². The highest BCUT2D eigenvalue weighted by Crippen LogP contribution is 2.49. The molecule has 116 valence electrons. The zero-order valence-electron chi connectivity index (χ0n) is 10.6. The van der Waals surface area contributed by atoms with Crippen molar-refractivity contribution in [1.29, 1.82) is 0 Å². The van der Waals surface area contributed by atoms with Crippen molar-refractivity contribution < 1.29 is 15.0 Å². The van der Waals surface area contributed by atoms with E-state index < -0.39 is 5.97 Å². The summed E-state index contributed by atoms with van der Waals surface area (Å²) in [7, 11) is 0. The van der Waals surface area contributed by atoms with Crippen molar-refractivity contribution in [2.24, 2.45) is 0 Å². The number of aliphatic hydroxyl groups is 1. The van der Waals surface area contributed by atoms with Crippen molar-refractivity contribution in [3.63, 3.8) is 0 Å². The first-order chi connectivity index (χ1) is 10.3. The minimum absolute atomic E-state index is 0.153. The average Bonchev–Trinajstić information content (AvgIpc) is 2.50. The summed E-state index contributed by atoms with van der Waals surface area (Å²) in [6, 6.07) is 4.75. The van der Waals surface area contributed by atoms with Crippen LogP contribution in [0.1, 0.15) is 15.9 Å². The van der Waals surface area contributed by atoms with E-state index in [2.05, 4.69) is 79.6 Å². The van der Waals surface area contributed by atoms with Gasteiger partial charge in [0.1, 0.15) is 0 Å². The van der Waals surface area contributed by atoms with Gasteiger partial charge in [-0.3, -0.25) is 0 Å². The molecule has 0 saturated heterocycles. The summed E-state index contributed by atoms with van der Waals surface area (Å²) in [6.45, 7) is -0.166. The lowest BCUT2D eigenvalue weighted by Gasteiger charge is -2.16. The van der Waals surface area contributed by atoms with Crippen molar-refractivity contribution in [1.82, 2.24) is 0 Å². The largest absolute Gasteiger partial charge is 0.478 e. The van der Waals surface area contributed by atoms with E-state index >= 15 is 0 Å². The van der Waals surface area contributed by atoms with E-state index in [-0.39, 0.29) is 12.2 Å². The maximum atomic E-state index is 11.5. The van der Waals surface area contributed by atoms with Gasteiger partial charge in [0.15, 0.2) is 0 Å². The lowest BCUT2D eigenvalue weighted by Crippen LogP contribution is -2.02. The van der Waals surface area contributed by atoms with Gasteiger partial charge in [0.25, 0.3) is 0 Å². The van der Waals surface area contributed by atoms with Crippen LogP contribution in [0.2, 0.25) is 0 Å². The fourth-order valence-electron chi connectivity index (χ4n) is 1.92. The van der Waals surface area contributed by atoms with Crippen molar-refractivity contribution in [3.05, 3.63) is 51.7 Å². The van der Waals surface area contributed by atoms with E-state index in [1.165, 1.54) is 6.07 Å². The zero-order valence-corrected chi connectivity index (χ0v) is 18.6. The normalized spacial score (nSPS) is 10.8. The van der Waals surface area contributed by atoms with Crippen molar-refractivity contribution in [2.45, 2.75) is 6.61 Å². The first-order valence-electron chi connectivity index (χ1n) is 5.78. The molecule has 2 aromatic carbocycles. The minimum atomic E-state index is -1.03. The number of aliphatic hydroxyl groups excluding tert-OH is 1. The smallest absolute Gasteiger partial charge is 0.336 e. The second-order valence-electron chi connectivity index (χ2n) is 4.29. The summed E-state index contributed by atoms with van der Waals surface area (Å²) >= 11 is 17.4. The van der Waals surface area contributed by atoms with E-state index in [4.69, 9.17) is 0 Å². The number of carbonyl (C=O) groups is 1. The molecule has 0 aliphatic carbocycles. The number of rotatable bonds is 3. The lowest BCUT2D eigenvalue weighted by atomic mass is 9.97. The fourth-order valence-corrected chi connectivity index (χ4v) is 5.40. The SMILES string of the molecule is O=C(O)c1ccc(CO)cc1-c1c(Br)c(Br)c(Br)c(Br)c1Br.